The third kappa shape index (κ3) is 9.44. The van der Waals surface area contributed by atoms with Crippen molar-refractivity contribution in [3.63, 3.8) is 0 Å². The van der Waals surface area contributed by atoms with Crippen LogP contribution in [0.15, 0.2) is 152 Å². The van der Waals surface area contributed by atoms with Crippen LogP contribution in [0.3, 0.4) is 0 Å². The normalized spacial score (nSPS) is 21.7. The fraction of sp³-hybridized carbons (Fsp3) is 0.448. The van der Waals surface area contributed by atoms with E-state index in [4.69, 9.17) is 0 Å². The summed E-state index contributed by atoms with van der Waals surface area (Å²) in [5.74, 6) is 0. The first-order valence-electron chi connectivity index (χ1n) is 35.0. The summed E-state index contributed by atoms with van der Waals surface area (Å²) >= 11 is 0. The highest BCUT2D eigenvalue weighted by Gasteiger charge is 2.62. The zero-order chi connectivity index (χ0) is 64.9. The van der Waals surface area contributed by atoms with E-state index in [-0.39, 0.29) is 61.0 Å². The fourth-order valence-corrected chi connectivity index (χ4v) is 18.1. The molecule has 0 N–H and O–H groups in total. The van der Waals surface area contributed by atoms with Crippen LogP contribution in [0.5, 0.6) is 0 Å². The van der Waals surface area contributed by atoms with Gasteiger partial charge in [-0.25, -0.2) is 0 Å². The van der Waals surface area contributed by atoms with Crippen molar-refractivity contribution in [2.45, 2.75) is 251 Å². The molecule has 4 heteroatoms. The molecule has 14 rings (SSSR count). The molecule has 3 aliphatic heterocycles. The van der Waals surface area contributed by atoms with Crippen LogP contribution in [0.1, 0.15) is 252 Å². The van der Waals surface area contributed by atoms with E-state index in [0.29, 0.717) is 0 Å². The molecule has 470 valence electrons. The molecule has 2 atom stereocenters. The minimum atomic E-state index is -0.275. The molecule has 0 bridgehead atoms. The predicted octanol–water partition coefficient (Wildman–Crippen LogP) is 22.1. The van der Waals surface area contributed by atoms with E-state index in [2.05, 4.69) is 312 Å². The molecule has 3 aliphatic carbocycles. The summed E-state index contributed by atoms with van der Waals surface area (Å²) < 4.78 is 0. The molecule has 0 saturated heterocycles. The van der Waals surface area contributed by atoms with Gasteiger partial charge in [-0.3, -0.25) is 0 Å². The summed E-state index contributed by atoms with van der Waals surface area (Å²) in [6.45, 7) is 51.2. The summed E-state index contributed by atoms with van der Waals surface area (Å²) in [4.78, 5) is 8.40. The van der Waals surface area contributed by atoms with Crippen LogP contribution < -0.4 is 31.1 Å². The number of anilines is 8. The molecule has 3 nitrogen and oxygen atoms in total. The second kappa shape index (κ2) is 20.1. The lowest BCUT2D eigenvalue weighted by Gasteiger charge is -2.52. The summed E-state index contributed by atoms with van der Waals surface area (Å²) in [5, 5.41) is 0. The van der Waals surface area contributed by atoms with Crippen molar-refractivity contribution in [3.8, 4) is 11.1 Å². The van der Waals surface area contributed by atoms with Crippen LogP contribution in [0.2, 0.25) is 0 Å². The summed E-state index contributed by atoms with van der Waals surface area (Å²) in [5.41, 5.74) is 30.7. The lowest BCUT2D eigenvalue weighted by atomic mass is 9.33. The maximum atomic E-state index is 2.87. The van der Waals surface area contributed by atoms with Crippen LogP contribution in [0.4, 0.5) is 45.5 Å². The number of hydrogen-bond acceptors (Lipinski definition) is 3. The molecular formula is C87H104BN3. The Morgan fingerprint density at radius 3 is 1.45 bits per heavy atom. The molecule has 0 amide bonds. The van der Waals surface area contributed by atoms with Gasteiger partial charge in [0.05, 0.1) is 11.2 Å². The van der Waals surface area contributed by atoms with E-state index in [0.717, 1.165) is 32.1 Å². The Kier molecular flexibility index (Phi) is 13.6. The highest BCUT2D eigenvalue weighted by molar-refractivity contribution is 7.00. The van der Waals surface area contributed by atoms with Gasteiger partial charge in [-0.15, -0.1) is 0 Å². The Hall–Kier alpha value is -6.78. The molecule has 2 unspecified atom stereocenters. The number of hydrogen-bond donors (Lipinski definition) is 0. The molecule has 6 aliphatic rings. The Morgan fingerprint density at radius 2 is 0.846 bits per heavy atom. The molecular weight excluding hydrogens is 1100 g/mol. The molecule has 8 aromatic rings. The van der Waals surface area contributed by atoms with Gasteiger partial charge in [0.1, 0.15) is 0 Å². The van der Waals surface area contributed by atoms with Crippen molar-refractivity contribution >= 4 is 68.6 Å². The second-order valence-corrected chi connectivity index (χ2v) is 36.1. The predicted molar refractivity (Wildman–Crippen MR) is 394 cm³/mol. The Balaban J connectivity index is 1.11. The average molecular weight is 1200 g/mol. The van der Waals surface area contributed by atoms with E-state index >= 15 is 0 Å². The molecule has 1 saturated carbocycles. The van der Waals surface area contributed by atoms with Gasteiger partial charge in [-0.2, -0.15) is 0 Å². The van der Waals surface area contributed by atoms with Gasteiger partial charge in [-0.1, -0.05) is 242 Å². The standard InChI is InChI=1S/C87H104BN3/c1-78(2,3)56-29-31-57(32-30-56)87-42-26-25-41-86(87,21)91(72-40-34-59(48-68(72)87)80(7,8)9)62-36-38-69-73(52-62)90(71-39-33-58(79(4,5)6)47-63(71)55-27-23-22-24-28-55)76-50-60(81(10,11)12)49-75-77(76)88(69)70-53-66-67(85(19,20)46-45-84(66,17)18)54-74(70)89(75)61-35-37-64-65(51-61)83(15,16)44-43-82(64,13)14/h22-24,27-40,47-54H,25-26,41-46H2,1-21H3. The van der Waals surface area contributed by atoms with Crippen LogP contribution in [0, 0.1) is 0 Å². The van der Waals surface area contributed by atoms with Crippen molar-refractivity contribution in [1.29, 1.82) is 0 Å². The summed E-state index contributed by atoms with van der Waals surface area (Å²) in [6, 6.07) is 62.6. The van der Waals surface area contributed by atoms with E-state index in [1.54, 1.807) is 0 Å². The zero-order valence-corrected chi connectivity index (χ0v) is 59.5. The average Bonchev–Trinajstić information content (AvgIpc) is 1.67. The van der Waals surface area contributed by atoms with Gasteiger partial charge in [0.2, 0.25) is 0 Å². The minimum absolute atomic E-state index is 0.00309. The van der Waals surface area contributed by atoms with Gasteiger partial charge in [0.25, 0.3) is 6.71 Å². The summed E-state index contributed by atoms with van der Waals surface area (Å²) in [7, 11) is 0. The second-order valence-electron chi connectivity index (χ2n) is 36.1. The minimum Gasteiger partial charge on any atom is -0.334 e. The van der Waals surface area contributed by atoms with E-state index < -0.39 is 0 Å². The Bertz CT molecular complexity index is 4260. The maximum Gasteiger partial charge on any atom is 0.252 e. The number of fused-ring (bicyclic) bond motifs is 9. The van der Waals surface area contributed by atoms with Gasteiger partial charge in [0.15, 0.2) is 0 Å². The molecule has 0 aromatic heterocycles. The van der Waals surface area contributed by atoms with Gasteiger partial charge >= 0.3 is 0 Å². The Morgan fingerprint density at radius 1 is 0.341 bits per heavy atom. The van der Waals surface area contributed by atoms with E-state index in [9.17, 15) is 0 Å². The van der Waals surface area contributed by atoms with Crippen LogP contribution in [0.25, 0.3) is 11.1 Å². The fourth-order valence-electron chi connectivity index (χ4n) is 18.1. The zero-order valence-electron chi connectivity index (χ0n) is 59.5. The van der Waals surface area contributed by atoms with E-state index in [1.165, 1.54) is 148 Å². The van der Waals surface area contributed by atoms with E-state index in [1.807, 2.05) is 0 Å². The van der Waals surface area contributed by atoms with Crippen molar-refractivity contribution in [3.05, 3.63) is 207 Å². The number of rotatable bonds is 5. The first-order chi connectivity index (χ1) is 42.5. The lowest BCUT2D eigenvalue weighted by Crippen LogP contribution is -2.62. The van der Waals surface area contributed by atoms with Gasteiger partial charge < -0.3 is 14.7 Å². The topological polar surface area (TPSA) is 9.72 Å². The molecule has 8 aromatic carbocycles. The van der Waals surface area contributed by atoms with Crippen LogP contribution in [-0.4, -0.2) is 12.3 Å². The van der Waals surface area contributed by atoms with Crippen molar-refractivity contribution < 1.29 is 0 Å². The molecule has 3 heterocycles. The SMILES string of the molecule is CC(C)(C)c1ccc(C23CCCCC2(C)N(c2ccc4c(c2)N(c2ccc(C(C)(C)C)cc2-c2ccccc2)c2cc(C(C)(C)C)cc5c2B4c2cc4c(cc2N5c2ccc5c(c2)C(C)(C)CCC5(C)C)C(C)(C)CCC4(C)C)c2ccc(C(C)(C)C)cc23)cc1. The quantitative estimate of drug-likeness (QED) is 0.159. The van der Waals surface area contributed by atoms with Gasteiger partial charge in [-0.05, 0) is 227 Å². The smallest absolute Gasteiger partial charge is 0.252 e. The van der Waals surface area contributed by atoms with Gasteiger partial charge in [0, 0.05) is 50.8 Å². The first-order valence-corrected chi connectivity index (χ1v) is 35.0. The Labute approximate surface area is 549 Å². The molecule has 91 heavy (non-hydrogen) atoms. The monoisotopic (exact) mass is 1200 g/mol. The van der Waals surface area contributed by atoms with Crippen molar-refractivity contribution in [2.24, 2.45) is 0 Å². The first kappa shape index (κ1) is 61.7. The number of benzene rings is 8. The van der Waals surface area contributed by atoms with Crippen LogP contribution in [-0.2, 0) is 48.7 Å². The third-order valence-electron chi connectivity index (χ3n) is 24.1. The largest absolute Gasteiger partial charge is 0.334 e. The highest BCUT2D eigenvalue weighted by atomic mass is 15.3. The van der Waals surface area contributed by atoms with Crippen LogP contribution >= 0.6 is 0 Å². The molecule has 0 spiro atoms. The lowest BCUT2D eigenvalue weighted by molar-refractivity contribution is 0.215. The third-order valence-corrected chi connectivity index (χ3v) is 24.1. The van der Waals surface area contributed by atoms with Crippen molar-refractivity contribution in [1.82, 2.24) is 0 Å². The maximum absolute atomic E-state index is 2.87. The molecule has 1 fully saturated rings. The highest BCUT2D eigenvalue weighted by Crippen LogP contribution is 2.65. The summed E-state index contributed by atoms with van der Waals surface area (Å²) in [6.07, 6.45) is 9.23. The number of nitrogens with zero attached hydrogens (tertiary/aromatic N) is 3. The van der Waals surface area contributed by atoms with Crippen molar-refractivity contribution in [2.75, 3.05) is 14.7 Å². The molecule has 0 radical (unpaired) electrons.